The zero-order chi connectivity index (χ0) is 12.9. The van der Waals surface area contributed by atoms with Gasteiger partial charge in [-0.05, 0) is 25.0 Å². The van der Waals surface area contributed by atoms with E-state index in [2.05, 4.69) is 0 Å². The molecule has 0 amide bonds. The van der Waals surface area contributed by atoms with Gasteiger partial charge < -0.3 is 5.11 Å². The molecule has 18 heavy (non-hydrogen) atoms. The van der Waals surface area contributed by atoms with E-state index in [4.69, 9.17) is 11.6 Å². The van der Waals surface area contributed by atoms with Gasteiger partial charge in [0.05, 0.1) is 16.1 Å². The molecule has 0 aromatic heterocycles. The van der Waals surface area contributed by atoms with Gasteiger partial charge in [0.2, 0.25) is 0 Å². The van der Waals surface area contributed by atoms with E-state index in [9.17, 15) is 14.7 Å². The average molecular weight is 263 g/mol. The summed E-state index contributed by atoms with van der Waals surface area (Å²) < 4.78 is 0. The molecule has 2 unspecified atom stereocenters. The Hall–Kier alpha value is -1.61. The van der Waals surface area contributed by atoms with Gasteiger partial charge in [-0.3, -0.25) is 9.59 Å². The minimum absolute atomic E-state index is 0.101. The topological polar surface area (TPSA) is 54.4 Å². The summed E-state index contributed by atoms with van der Waals surface area (Å²) in [7, 11) is 0. The molecule has 3 nitrogen and oxygen atoms in total. The van der Waals surface area contributed by atoms with Gasteiger partial charge in [0.25, 0.3) is 0 Å². The number of hydrogen-bond acceptors (Lipinski definition) is 3. The van der Waals surface area contributed by atoms with Gasteiger partial charge in [-0.25, -0.2) is 0 Å². The van der Waals surface area contributed by atoms with Gasteiger partial charge in [0, 0.05) is 11.8 Å². The number of ketones is 2. The number of Topliss-reactive ketones (excluding diaryl/α,β-unsaturated/α-hetero) is 2. The van der Waals surface area contributed by atoms with Crippen molar-refractivity contribution in [1.29, 1.82) is 0 Å². The lowest BCUT2D eigenvalue weighted by Crippen LogP contribution is -2.37. The van der Waals surface area contributed by atoms with Crippen LogP contribution in [0.15, 0.2) is 24.3 Å². The lowest BCUT2D eigenvalue weighted by Gasteiger charge is -2.32. The third-order valence-electron chi connectivity index (χ3n) is 3.73. The number of carbonyl (C=O) groups excluding carboxylic acids is 2. The third-order valence-corrected chi connectivity index (χ3v) is 4.05. The summed E-state index contributed by atoms with van der Waals surface area (Å²) in [5, 5.41) is 10.1. The van der Waals surface area contributed by atoms with E-state index in [0.717, 1.165) is 0 Å². The van der Waals surface area contributed by atoms with Gasteiger partial charge >= 0.3 is 0 Å². The summed E-state index contributed by atoms with van der Waals surface area (Å²) in [5.41, 5.74) is 0.294. The molecule has 0 aliphatic heterocycles. The van der Waals surface area contributed by atoms with E-state index in [1.165, 1.54) is 12.1 Å². The molecule has 0 bridgehead atoms. The number of halogens is 1. The van der Waals surface area contributed by atoms with Crippen molar-refractivity contribution in [1.82, 2.24) is 0 Å². The standard InChI is InChI=1S/C14H11ClO3/c15-9-5-6-10(16)12-11(9)13(17)7-3-1-2-4-8(7)14(12)18/h1-2,5-8,16H,3-4H2. The highest BCUT2D eigenvalue weighted by atomic mass is 35.5. The molecular weight excluding hydrogens is 252 g/mol. The van der Waals surface area contributed by atoms with Crippen LogP contribution in [-0.2, 0) is 0 Å². The molecule has 0 spiro atoms. The minimum atomic E-state index is -0.348. The predicted octanol–water partition coefficient (Wildman–Crippen LogP) is 3.01. The summed E-state index contributed by atoms with van der Waals surface area (Å²) in [5.74, 6) is -1.12. The number of rotatable bonds is 0. The number of phenolic OH excluding ortho intramolecular Hbond substituents is 1. The van der Waals surface area contributed by atoms with Crippen LogP contribution in [0.5, 0.6) is 5.75 Å². The molecule has 1 aromatic carbocycles. The largest absolute Gasteiger partial charge is 0.507 e. The highest BCUT2D eigenvalue weighted by molar-refractivity contribution is 6.36. The van der Waals surface area contributed by atoms with Crippen LogP contribution in [-0.4, -0.2) is 16.7 Å². The van der Waals surface area contributed by atoms with Crippen molar-refractivity contribution < 1.29 is 14.7 Å². The molecule has 0 saturated heterocycles. The van der Waals surface area contributed by atoms with Crippen molar-refractivity contribution >= 4 is 23.2 Å². The smallest absolute Gasteiger partial charge is 0.171 e. The number of hydrogen-bond donors (Lipinski definition) is 1. The fraction of sp³-hybridized carbons (Fsp3) is 0.286. The van der Waals surface area contributed by atoms with Crippen molar-refractivity contribution in [2.24, 2.45) is 11.8 Å². The van der Waals surface area contributed by atoms with Crippen molar-refractivity contribution in [2.45, 2.75) is 12.8 Å². The Kier molecular flexibility index (Phi) is 2.52. The third kappa shape index (κ3) is 1.44. The predicted molar refractivity (Wildman–Crippen MR) is 67.1 cm³/mol. The first-order valence-corrected chi connectivity index (χ1v) is 6.24. The zero-order valence-corrected chi connectivity index (χ0v) is 10.3. The van der Waals surface area contributed by atoms with Crippen LogP contribution in [0, 0.1) is 11.8 Å². The lowest BCUT2D eigenvalue weighted by molar-refractivity contribution is 0.0726. The molecule has 1 N–H and O–H groups in total. The van der Waals surface area contributed by atoms with Gasteiger partial charge in [0.15, 0.2) is 11.6 Å². The van der Waals surface area contributed by atoms with E-state index in [1.54, 1.807) is 0 Å². The maximum absolute atomic E-state index is 12.4. The first kappa shape index (κ1) is 11.5. The Balaban J connectivity index is 2.25. The Morgan fingerprint density at radius 2 is 1.56 bits per heavy atom. The van der Waals surface area contributed by atoms with Crippen molar-refractivity contribution in [3.63, 3.8) is 0 Å². The molecule has 0 fully saturated rings. The number of allylic oxidation sites excluding steroid dienone is 2. The van der Waals surface area contributed by atoms with Gasteiger partial charge in [-0.15, -0.1) is 0 Å². The molecule has 92 valence electrons. The SMILES string of the molecule is O=C1c2c(O)ccc(Cl)c2C(=O)C2CC=CCC12. The average Bonchev–Trinajstić information content (AvgIpc) is 2.38. The Labute approximate surface area is 109 Å². The van der Waals surface area contributed by atoms with Crippen LogP contribution in [0.2, 0.25) is 5.02 Å². The van der Waals surface area contributed by atoms with Crippen LogP contribution >= 0.6 is 11.6 Å². The minimum Gasteiger partial charge on any atom is -0.507 e. The molecule has 2 aliphatic carbocycles. The number of fused-ring (bicyclic) bond motifs is 2. The number of carbonyl (C=O) groups is 2. The first-order chi connectivity index (χ1) is 8.61. The molecule has 0 heterocycles. The van der Waals surface area contributed by atoms with Gasteiger partial charge in [-0.2, -0.15) is 0 Å². The van der Waals surface area contributed by atoms with E-state index < -0.39 is 0 Å². The van der Waals surface area contributed by atoms with Crippen molar-refractivity contribution in [3.05, 3.63) is 40.4 Å². The molecule has 2 atom stereocenters. The van der Waals surface area contributed by atoms with Gasteiger partial charge in [0.1, 0.15) is 5.75 Å². The van der Waals surface area contributed by atoms with E-state index in [0.29, 0.717) is 12.8 Å². The Bertz CT molecular complexity index is 538. The molecule has 1 aromatic rings. The summed E-state index contributed by atoms with van der Waals surface area (Å²) in [4.78, 5) is 24.8. The number of benzene rings is 1. The number of aromatic hydroxyl groups is 1. The van der Waals surface area contributed by atoms with Crippen molar-refractivity contribution in [3.8, 4) is 5.75 Å². The molecule has 4 heteroatoms. The quantitative estimate of drug-likeness (QED) is 0.731. The Morgan fingerprint density at radius 3 is 2.17 bits per heavy atom. The molecule has 0 radical (unpaired) electrons. The monoisotopic (exact) mass is 262 g/mol. The molecule has 0 saturated carbocycles. The first-order valence-electron chi connectivity index (χ1n) is 5.86. The fourth-order valence-electron chi connectivity index (χ4n) is 2.82. The van der Waals surface area contributed by atoms with Crippen LogP contribution in [0.4, 0.5) is 0 Å². The Morgan fingerprint density at radius 1 is 1.00 bits per heavy atom. The van der Waals surface area contributed by atoms with Crippen LogP contribution in [0.3, 0.4) is 0 Å². The van der Waals surface area contributed by atoms with Crippen LogP contribution in [0.25, 0.3) is 0 Å². The van der Waals surface area contributed by atoms with E-state index >= 15 is 0 Å². The molecule has 2 aliphatic rings. The van der Waals surface area contributed by atoms with E-state index in [-0.39, 0.29) is 45.3 Å². The second-order valence-electron chi connectivity index (χ2n) is 4.70. The maximum Gasteiger partial charge on any atom is 0.171 e. The second kappa shape index (κ2) is 3.95. The lowest BCUT2D eigenvalue weighted by atomic mass is 9.69. The summed E-state index contributed by atoms with van der Waals surface area (Å²) in [6.45, 7) is 0. The second-order valence-corrected chi connectivity index (χ2v) is 5.11. The zero-order valence-electron chi connectivity index (χ0n) is 9.52. The molecular formula is C14H11ClO3. The van der Waals surface area contributed by atoms with Gasteiger partial charge in [-0.1, -0.05) is 23.8 Å². The maximum atomic E-state index is 12.4. The highest BCUT2D eigenvalue weighted by Crippen LogP contribution is 2.42. The summed E-state index contributed by atoms with van der Waals surface area (Å²) in [6, 6.07) is 2.82. The number of phenols is 1. The van der Waals surface area contributed by atoms with E-state index in [1.807, 2.05) is 12.2 Å². The van der Waals surface area contributed by atoms with Crippen LogP contribution in [0.1, 0.15) is 33.6 Å². The normalized spacial score (nSPS) is 25.8. The summed E-state index contributed by atoms with van der Waals surface area (Å²) >= 11 is 6.00. The summed E-state index contributed by atoms with van der Waals surface area (Å²) in [6.07, 6.45) is 4.97. The fourth-order valence-corrected chi connectivity index (χ4v) is 3.07. The molecule has 3 rings (SSSR count). The van der Waals surface area contributed by atoms with Crippen molar-refractivity contribution in [2.75, 3.05) is 0 Å². The highest BCUT2D eigenvalue weighted by Gasteiger charge is 2.43. The van der Waals surface area contributed by atoms with Crippen LogP contribution < -0.4 is 0 Å².